The van der Waals surface area contributed by atoms with Crippen molar-refractivity contribution < 1.29 is 9.53 Å². The average molecular weight is 432 g/mol. The summed E-state index contributed by atoms with van der Waals surface area (Å²) in [5, 5.41) is 0. The van der Waals surface area contributed by atoms with E-state index in [0.717, 1.165) is 12.8 Å². The normalized spacial score (nSPS) is 12.0. The number of esters is 1. The summed E-state index contributed by atoms with van der Waals surface area (Å²) in [7, 11) is 0. The highest BCUT2D eigenvalue weighted by atomic mass is 127. The Bertz CT molecular complexity index is 471. The second-order valence-corrected chi connectivity index (χ2v) is 7.98. The van der Waals surface area contributed by atoms with E-state index >= 15 is 0 Å². The van der Waals surface area contributed by atoms with Gasteiger partial charge in [-0.3, -0.25) is 4.79 Å². The van der Waals surface area contributed by atoms with Crippen molar-refractivity contribution in [2.75, 3.05) is 6.61 Å². The highest BCUT2D eigenvalue weighted by Crippen LogP contribution is 2.36. The van der Waals surface area contributed by atoms with E-state index in [2.05, 4.69) is 41.6 Å². The summed E-state index contributed by atoms with van der Waals surface area (Å²) in [6.45, 7) is 4.51. The number of ether oxygens (including phenoxy) is 1. The topological polar surface area (TPSA) is 26.3 Å². The minimum absolute atomic E-state index is 0.115. The van der Waals surface area contributed by atoms with Crippen molar-refractivity contribution in [3.05, 3.63) is 38.8 Å². The molecule has 0 bridgehead atoms. The molecule has 0 unspecified atom stereocenters. The smallest absolute Gasteiger partial charge is 0.309 e. The predicted molar refractivity (Wildman–Crippen MR) is 103 cm³/mol. The van der Waals surface area contributed by atoms with Gasteiger partial charge in [-0.25, -0.2) is 0 Å². The summed E-state index contributed by atoms with van der Waals surface area (Å²) in [5.74, 6) is -0.115. The minimum Gasteiger partial charge on any atom is -0.466 e. The van der Waals surface area contributed by atoms with Gasteiger partial charge in [-0.05, 0) is 60.1 Å². The van der Waals surface area contributed by atoms with Crippen LogP contribution in [0.5, 0.6) is 0 Å². The number of hydrogen-bond donors (Lipinski definition) is 0. The van der Waals surface area contributed by atoms with E-state index in [1.54, 1.807) is 11.8 Å². The van der Waals surface area contributed by atoms with Crippen molar-refractivity contribution in [3.8, 4) is 0 Å². The first kappa shape index (κ1) is 19.6. The molecule has 0 fully saturated rings. The molecule has 0 heterocycles. The molecule has 0 saturated heterocycles. The summed E-state index contributed by atoms with van der Waals surface area (Å²) >= 11 is 4.10. The lowest BCUT2D eigenvalue weighted by atomic mass is 10.1. The summed E-state index contributed by atoms with van der Waals surface area (Å²) < 4.78 is 6.32. The molecule has 4 heteroatoms. The molecule has 2 nitrogen and oxygen atoms in total. The van der Waals surface area contributed by atoms with Crippen molar-refractivity contribution in [3.63, 3.8) is 0 Å². The number of carbonyl (C=O) groups excluding carboxylic acids is 1. The Morgan fingerprint density at radius 3 is 2.50 bits per heavy atom. The van der Waals surface area contributed by atoms with E-state index in [1.807, 2.05) is 25.1 Å². The van der Waals surface area contributed by atoms with Crippen LogP contribution in [0.1, 0.15) is 52.4 Å². The summed E-state index contributed by atoms with van der Waals surface area (Å²) in [6.07, 6.45) is 6.25. The Balaban J connectivity index is 2.71. The van der Waals surface area contributed by atoms with Crippen molar-refractivity contribution in [1.29, 1.82) is 0 Å². The number of halogens is 1. The number of hydrogen-bond acceptors (Lipinski definition) is 3. The van der Waals surface area contributed by atoms with Crippen LogP contribution in [-0.4, -0.2) is 12.6 Å². The Morgan fingerprint density at radius 2 is 1.86 bits per heavy atom. The number of carbonyl (C=O) groups is 1. The van der Waals surface area contributed by atoms with Crippen LogP contribution in [0.3, 0.4) is 0 Å². The van der Waals surface area contributed by atoms with Gasteiger partial charge in [0.05, 0.1) is 15.9 Å². The van der Waals surface area contributed by atoms with Gasteiger partial charge < -0.3 is 4.74 Å². The number of thioether (sulfide) groups is 1. The maximum Gasteiger partial charge on any atom is 0.309 e. The van der Waals surface area contributed by atoms with E-state index in [4.69, 9.17) is 4.74 Å². The van der Waals surface area contributed by atoms with Gasteiger partial charge in [0.15, 0.2) is 0 Å². The van der Waals surface area contributed by atoms with Crippen molar-refractivity contribution in [1.82, 2.24) is 0 Å². The fraction of sp³-hybridized carbons (Fsp3) is 0.500. The second-order valence-electron chi connectivity index (χ2n) is 5.08. The van der Waals surface area contributed by atoms with E-state index in [1.165, 1.54) is 32.6 Å². The SMILES string of the molecule is CCCCCC/C(CC(=O)OCC)=C(\I)Sc1ccccc1. The van der Waals surface area contributed by atoms with Crippen molar-refractivity contribution in [2.45, 2.75) is 57.3 Å². The van der Waals surface area contributed by atoms with Crippen LogP contribution in [0.15, 0.2) is 43.7 Å². The Kier molecular flexibility index (Phi) is 10.7. The standard InChI is InChI=1S/C18H25IO2S/c1-3-5-6-8-11-15(14-17(20)21-4-2)18(19)22-16-12-9-7-10-13-16/h7,9-10,12-13H,3-6,8,11,14H2,1-2H3/b18-15-. The number of benzene rings is 1. The molecule has 22 heavy (non-hydrogen) atoms. The molecule has 1 rings (SSSR count). The molecule has 0 amide bonds. The van der Waals surface area contributed by atoms with Crippen LogP contribution >= 0.6 is 34.4 Å². The zero-order valence-corrected chi connectivity index (χ0v) is 16.4. The van der Waals surface area contributed by atoms with Crippen LogP contribution in [0.2, 0.25) is 0 Å². The van der Waals surface area contributed by atoms with E-state index in [9.17, 15) is 4.79 Å². The molecule has 0 aliphatic carbocycles. The average Bonchev–Trinajstić information content (AvgIpc) is 2.51. The lowest BCUT2D eigenvalue weighted by Crippen LogP contribution is -2.05. The predicted octanol–water partition coefficient (Wildman–Crippen LogP) is 6.35. The molecule has 0 spiro atoms. The third-order valence-electron chi connectivity index (χ3n) is 3.22. The first-order valence-corrected chi connectivity index (χ1v) is 9.82. The molecule has 122 valence electrons. The van der Waals surface area contributed by atoms with Gasteiger partial charge >= 0.3 is 5.97 Å². The van der Waals surface area contributed by atoms with Crippen LogP contribution in [0.4, 0.5) is 0 Å². The van der Waals surface area contributed by atoms with Gasteiger partial charge in [0.2, 0.25) is 0 Å². The molecule has 0 saturated carbocycles. The highest BCUT2D eigenvalue weighted by molar-refractivity contribution is 14.1. The highest BCUT2D eigenvalue weighted by Gasteiger charge is 2.12. The van der Waals surface area contributed by atoms with Crippen LogP contribution in [0.25, 0.3) is 0 Å². The quantitative estimate of drug-likeness (QED) is 0.187. The molecule has 0 N–H and O–H groups in total. The van der Waals surface area contributed by atoms with Crippen molar-refractivity contribution >= 4 is 40.3 Å². The van der Waals surface area contributed by atoms with Gasteiger partial charge in [0.1, 0.15) is 0 Å². The molecular weight excluding hydrogens is 407 g/mol. The molecule has 0 radical (unpaired) electrons. The van der Waals surface area contributed by atoms with Gasteiger partial charge in [-0.2, -0.15) is 0 Å². The minimum atomic E-state index is -0.115. The lowest BCUT2D eigenvalue weighted by Gasteiger charge is -2.11. The van der Waals surface area contributed by atoms with Crippen LogP contribution in [-0.2, 0) is 9.53 Å². The zero-order valence-electron chi connectivity index (χ0n) is 13.4. The molecule has 0 aliphatic rings. The molecule has 1 aromatic carbocycles. The lowest BCUT2D eigenvalue weighted by molar-refractivity contribution is -0.142. The fourth-order valence-corrected chi connectivity index (χ4v) is 4.11. The Morgan fingerprint density at radius 1 is 1.14 bits per heavy atom. The molecule has 0 aromatic heterocycles. The number of unbranched alkanes of at least 4 members (excludes halogenated alkanes) is 3. The second kappa shape index (κ2) is 12.0. The first-order chi connectivity index (χ1) is 10.7. The molecule has 0 aliphatic heterocycles. The molecular formula is C18H25IO2S. The van der Waals surface area contributed by atoms with E-state index < -0.39 is 0 Å². The third-order valence-corrected chi connectivity index (χ3v) is 5.62. The van der Waals surface area contributed by atoms with Crippen LogP contribution in [0, 0.1) is 0 Å². The number of rotatable bonds is 10. The van der Waals surface area contributed by atoms with Gasteiger partial charge in [0.25, 0.3) is 0 Å². The van der Waals surface area contributed by atoms with Gasteiger partial charge in [0, 0.05) is 4.90 Å². The summed E-state index contributed by atoms with van der Waals surface area (Å²) in [6, 6.07) is 10.3. The summed E-state index contributed by atoms with van der Waals surface area (Å²) in [5.41, 5.74) is 1.21. The molecule has 0 atom stereocenters. The monoisotopic (exact) mass is 432 g/mol. The maximum absolute atomic E-state index is 11.8. The van der Waals surface area contributed by atoms with E-state index in [-0.39, 0.29) is 5.97 Å². The summed E-state index contributed by atoms with van der Waals surface area (Å²) in [4.78, 5) is 13.0. The first-order valence-electron chi connectivity index (χ1n) is 7.93. The van der Waals surface area contributed by atoms with Crippen molar-refractivity contribution in [2.24, 2.45) is 0 Å². The van der Waals surface area contributed by atoms with Gasteiger partial charge in [-0.1, -0.05) is 56.1 Å². The Labute approximate surface area is 152 Å². The maximum atomic E-state index is 11.8. The fourth-order valence-electron chi connectivity index (χ4n) is 2.07. The largest absolute Gasteiger partial charge is 0.466 e. The third kappa shape index (κ3) is 8.22. The van der Waals surface area contributed by atoms with E-state index in [0.29, 0.717) is 13.0 Å². The van der Waals surface area contributed by atoms with Crippen LogP contribution < -0.4 is 0 Å². The van der Waals surface area contributed by atoms with Gasteiger partial charge in [-0.15, -0.1) is 0 Å². The Hall–Kier alpha value is -0.490. The molecule has 1 aromatic rings. The zero-order chi connectivity index (χ0) is 16.2.